The number of ether oxygens (including phenoxy) is 3. The number of benzene rings is 2. The van der Waals surface area contributed by atoms with Crippen molar-refractivity contribution in [3.8, 4) is 11.5 Å². The smallest absolute Gasteiger partial charge is 0.427 e. The van der Waals surface area contributed by atoms with Crippen molar-refractivity contribution in [3.05, 3.63) is 71.8 Å². The second-order valence-corrected chi connectivity index (χ2v) is 9.16. The van der Waals surface area contributed by atoms with E-state index in [-0.39, 0.29) is 41.3 Å². The lowest BCUT2D eigenvalue weighted by molar-refractivity contribution is -0.139. The summed E-state index contributed by atoms with van der Waals surface area (Å²) in [5, 5.41) is 21.0. The second-order valence-electron chi connectivity index (χ2n) is 9.16. The molecule has 1 amide bonds. The number of carbonyl (C=O) groups excluding carboxylic acids is 4. The Hall–Kier alpha value is -5.06. The molecule has 0 spiro atoms. The summed E-state index contributed by atoms with van der Waals surface area (Å²) in [5.74, 6) is -5.01. The number of para-hydroxylation sites is 2. The molecular weight excluding hydrogens is 524 g/mol. The topological polar surface area (TPSA) is 180 Å². The number of carboxylic acids is 1. The Morgan fingerprint density at radius 1 is 0.900 bits per heavy atom. The normalized spacial score (nSPS) is 12.7. The van der Waals surface area contributed by atoms with Gasteiger partial charge in [0.05, 0.1) is 13.0 Å². The number of nitrogens with zero attached hydrogens (tertiary/aromatic N) is 1. The Morgan fingerprint density at radius 2 is 1.48 bits per heavy atom. The summed E-state index contributed by atoms with van der Waals surface area (Å²) >= 11 is 0. The summed E-state index contributed by atoms with van der Waals surface area (Å²) in [6.45, 7) is 2.21. The lowest BCUT2D eigenvalue weighted by atomic mass is 9.86. The van der Waals surface area contributed by atoms with E-state index in [4.69, 9.17) is 19.3 Å². The molecule has 2 aromatic carbocycles. The zero-order valence-corrected chi connectivity index (χ0v) is 21.7. The molecule has 12 heteroatoms. The molecule has 0 fully saturated rings. The number of hydrogen-bond acceptors (Lipinski definition) is 9. The molecule has 12 nitrogen and oxygen atoms in total. The molecular formula is C28H27N2O10+. The maximum absolute atomic E-state index is 13.1. The molecule has 1 heterocycles. The van der Waals surface area contributed by atoms with Gasteiger partial charge in [0, 0.05) is 24.1 Å². The molecule has 1 aliphatic heterocycles. The summed E-state index contributed by atoms with van der Waals surface area (Å²) in [4.78, 5) is 62.0. The van der Waals surface area contributed by atoms with Crippen molar-refractivity contribution in [2.45, 2.75) is 26.4 Å². The first kappa shape index (κ1) is 29.5. The quantitative estimate of drug-likeness (QED) is 0.196. The molecule has 1 atom stereocenters. The number of nitrogens with one attached hydrogen (secondary N) is 1. The first-order valence-corrected chi connectivity index (χ1v) is 12.0. The molecule has 0 aromatic heterocycles. The standard InChI is InChI=1S/C28H26N2O10/c1-28(2,16-31)23(24(34)30-15-13-22(32)33)40-26(36)18-9-4-5-11-20(18)38-25(35)17-8-3-6-12-21(17)39-27(37)19-10-7-14-29-19/h3-12,14,23,31H,13,15-16H2,1-2H3,(H-,30,32,33,34)/p+1. The van der Waals surface area contributed by atoms with Crippen LogP contribution in [0.25, 0.3) is 0 Å². The molecule has 0 saturated carbocycles. The number of carboxylic acid groups (broad SMARTS) is 1. The SMILES string of the molecule is CC(C)(CO)C(OC(=O)c1ccccc1OC(=O)c1ccccc1OC(=O)C1=[N+]=CC=C1)C(=O)NCCC(=O)O. The van der Waals surface area contributed by atoms with Crippen LogP contribution in [0.15, 0.2) is 60.7 Å². The van der Waals surface area contributed by atoms with Crippen molar-refractivity contribution in [1.82, 2.24) is 9.98 Å². The molecule has 3 rings (SSSR count). The van der Waals surface area contributed by atoms with E-state index in [2.05, 4.69) is 9.98 Å². The van der Waals surface area contributed by atoms with Crippen molar-refractivity contribution < 1.29 is 48.4 Å². The van der Waals surface area contributed by atoms with Crippen LogP contribution in [-0.2, 0) is 19.1 Å². The third-order valence-corrected chi connectivity index (χ3v) is 5.60. The maximum Gasteiger partial charge on any atom is 0.427 e. The lowest BCUT2D eigenvalue weighted by Gasteiger charge is -2.31. The van der Waals surface area contributed by atoms with Gasteiger partial charge in [-0.25, -0.2) is 14.4 Å². The summed E-state index contributed by atoms with van der Waals surface area (Å²) in [6, 6.07) is 11.5. The van der Waals surface area contributed by atoms with Gasteiger partial charge in [0.1, 0.15) is 22.6 Å². The van der Waals surface area contributed by atoms with Crippen molar-refractivity contribution in [2.75, 3.05) is 13.2 Å². The predicted molar refractivity (Wildman–Crippen MR) is 141 cm³/mol. The molecule has 208 valence electrons. The van der Waals surface area contributed by atoms with Crippen LogP contribution in [0.4, 0.5) is 0 Å². The van der Waals surface area contributed by atoms with Crippen molar-refractivity contribution in [3.63, 3.8) is 0 Å². The summed E-state index contributed by atoms with van der Waals surface area (Å²) < 4.78 is 20.0. The Kier molecular flexibility index (Phi) is 9.69. The Labute approximate surface area is 228 Å². The minimum atomic E-state index is -1.51. The number of aliphatic hydroxyl groups is 1. The van der Waals surface area contributed by atoms with Crippen molar-refractivity contribution in [1.29, 1.82) is 0 Å². The van der Waals surface area contributed by atoms with E-state index in [1.165, 1.54) is 68.6 Å². The fourth-order valence-corrected chi connectivity index (χ4v) is 3.38. The number of allylic oxidation sites excluding steroid dienone is 1. The molecule has 1 aliphatic rings. The lowest BCUT2D eigenvalue weighted by Crippen LogP contribution is -2.48. The maximum atomic E-state index is 13.1. The highest BCUT2D eigenvalue weighted by molar-refractivity contribution is 6.43. The molecule has 0 bridgehead atoms. The van der Waals surface area contributed by atoms with Crippen LogP contribution in [0.3, 0.4) is 0 Å². The Balaban J connectivity index is 1.80. The summed E-state index contributed by atoms with van der Waals surface area (Å²) in [7, 11) is 0. The molecule has 0 saturated heterocycles. The Bertz CT molecular complexity index is 1420. The largest absolute Gasteiger partial charge is 0.481 e. The number of hydrogen-bond donors (Lipinski definition) is 3. The minimum absolute atomic E-state index is 0.0450. The van der Waals surface area contributed by atoms with Crippen LogP contribution < -0.4 is 19.5 Å². The highest BCUT2D eigenvalue weighted by atomic mass is 16.6. The van der Waals surface area contributed by atoms with E-state index in [9.17, 15) is 29.1 Å². The first-order valence-electron chi connectivity index (χ1n) is 12.0. The second kappa shape index (κ2) is 13.1. The average Bonchev–Trinajstić information content (AvgIpc) is 3.47. The minimum Gasteiger partial charge on any atom is -0.481 e. The number of aliphatic hydroxyl groups excluding tert-OH is 1. The molecule has 2 aromatic rings. The summed E-state index contributed by atoms with van der Waals surface area (Å²) in [6.07, 6.45) is 2.55. The predicted octanol–water partition coefficient (Wildman–Crippen LogP) is 1.09. The van der Waals surface area contributed by atoms with Gasteiger partial charge in [-0.2, -0.15) is 0 Å². The zero-order chi connectivity index (χ0) is 29.3. The Morgan fingerprint density at radius 3 is 2.02 bits per heavy atom. The van der Waals surface area contributed by atoms with Crippen LogP contribution in [0.2, 0.25) is 0 Å². The van der Waals surface area contributed by atoms with Gasteiger partial charge in [-0.3, -0.25) is 9.59 Å². The van der Waals surface area contributed by atoms with E-state index in [1.54, 1.807) is 12.1 Å². The number of amides is 1. The number of aliphatic carboxylic acids is 1. The van der Waals surface area contributed by atoms with Crippen LogP contribution in [0, 0.1) is 5.41 Å². The van der Waals surface area contributed by atoms with Crippen LogP contribution >= 0.6 is 0 Å². The fourth-order valence-electron chi connectivity index (χ4n) is 3.38. The van der Waals surface area contributed by atoms with E-state index in [1.807, 2.05) is 0 Å². The fraction of sp³-hybridized carbons (Fsp3) is 0.250. The highest BCUT2D eigenvalue weighted by Crippen LogP contribution is 2.28. The van der Waals surface area contributed by atoms with Gasteiger partial charge in [-0.05, 0) is 24.3 Å². The molecule has 3 N–H and O–H groups in total. The van der Waals surface area contributed by atoms with E-state index < -0.39 is 47.9 Å². The molecule has 1 unspecified atom stereocenters. The van der Waals surface area contributed by atoms with Crippen LogP contribution in [-0.4, -0.2) is 71.2 Å². The van der Waals surface area contributed by atoms with Crippen molar-refractivity contribution in [2.24, 2.45) is 5.41 Å². The van der Waals surface area contributed by atoms with Gasteiger partial charge in [-0.1, -0.05) is 42.8 Å². The summed E-state index contributed by atoms with van der Waals surface area (Å²) in [5.41, 5.74) is -1.51. The number of rotatable bonds is 12. The van der Waals surface area contributed by atoms with E-state index in [0.29, 0.717) is 0 Å². The number of carbonyl (C=O) groups is 5. The van der Waals surface area contributed by atoms with Gasteiger partial charge in [0.15, 0.2) is 6.10 Å². The molecule has 40 heavy (non-hydrogen) atoms. The van der Waals surface area contributed by atoms with Gasteiger partial charge in [0.25, 0.3) is 12.1 Å². The molecule has 0 radical (unpaired) electrons. The first-order chi connectivity index (χ1) is 19.0. The van der Waals surface area contributed by atoms with E-state index >= 15 is 0 Å². The van der Waals surface area contributed by atoms with Gasteiger partial charge in [-0.15, -0.1) is 0 Å². The third kappa shape index (κ3) is 7.50. The number of esters is 3. The van der Waals surface area contributed by atoms with Crippen molar-refractivity contribution >= 4 is 41.7 Å². The third-order valence-electron chi connectivity index (χ3n) is 5.60. The average molecular weight is 552 g/mol. The molecule has 0 aliphatic carbocycles. The van der Waals surface area contributed by atoms with Gasteiger partial charge < -0.3 is 29.7 Å². The van der Waals surface area contributed by atoms with Crippen LogP contribution in [0.5, 0.6) is 11.5 Å². The van der Waals surface area contributed by atoms with Gasteiger partial charge in [0.2, 0.25) is 0 Å². The highest BCUT2D eigenvalue weighted by Gasteiger charge is 2.39. The van der Waals surface area contributed by atoms with Gasteiger partial charge >= 0.3 is 29.6 Å². The monoisotopic (exact) mass is 551 g/mol. The van der Waals surface area contributed by atoms with E-state index in [0.717, 1.165) is 0 Å². The van der Waals surface area contributed by atoms with Crippen LogP contribution in [0.1, 0.15) is 41.0 Å². The zero-order valence-electron chi connectivity index (χ0n) is 21.7.